The number of nitrogens with zero attached hydrogens (tertiary/aromatic N) is 6. The summed E-state index contributed by atoms with van der Waals surface area (Å²) in [7, 11) is 0.428. The van der Waals surface area contributed by atoms with Crippen molar-refractivity contribution in [2.75, 3.05) is 25.2 Å². The fraction of sp³-hybridized carbons (Fsp3) is 0.279. The van der Waals surface area contributed by atoms with Crippen molar-refractivity contribution < 1.29 is 49.0 Å². The zero-order chi connectivity index (χ0) is 46.4. The molecule has 3 atom stereocenters. The lowest BCUT2D eigenvalue weighted by Gasteiger charge is -2.24. The Balaban J connectivity index is 1.28. The standard InChI is InChI=1S/C43H35ClF6N8O6S/c1-56-37-29(11-10-26(44)35(37)40(54-56)55-65(4,61)62)58-41(52-27-15-20(8-9-23(27)42(58)60)33-30(63-2)6-5-7-31(33)64-3)28(14-19-12-21(45)16-22(46)13-19)51-32(59)18-57-38-34(36(53-57)39(47)48)24-17-25(24)43(38,49)50/h5-13,15-16,24-25,28,39H,14,17-18H2,1-4H3,(H,51,59)(H,54,55)/t24?,25?,28-/m0/s1. The van der Waals surface area contributed by atoms with Crippen LogP contribution < -0.4 is 25.1 Å². The molecule has 9 rings (SSSR count). The number of hydrogen-bond acceptors (Lipinski definition) is 9. The summed E-state index contributed by atoms with van der Waals surface area (Å²) in [6.07, 6.45) is -2.82. The highest BCUT2D eigenvalue weighted by molar-refractivity contribution is 7.92. The Bertz CT molecular complexity index is 3260. The molecule has 1 amide bonds. The third-order valence-electron chi connectivity index (χ3n) is 11.5. The van der Waals surface area contributed by atoms with E-state index in [1.54, 1.807) is 30.3 Å². The van der Waals surface area contributed by atoms with Gasteiger partial charge in [-0.25, -0.2) is 31.0 Å². The number of methoxy groups -OCH3 is 2. The molecular weight excluding hydrogens is 906 g/mol. The van der Waals surface area contributed by atoms with Gasteiger partial charge in [0, 0.05) is 31.0 Å². The molecule has 0 spiro atoms. The van der Waals surface area contributed by atoms with Gasteiger partial charge in [-0.1, -0.05) is 23.7 Å². The van der Waals surface area contributed by atoms with Crippen molar-refractivity contribution in [3.05, 3.63) is 122 Å². The molecule has 0 aliphatic heterocycles. The van der Waals surface area contributed by atoms with E-state index in [1.165, 1.54) is 44.1 Å². The number of carbonyl (C=O) groups is 1. The number of benzene rings is 4. The molecule has 7 aromatic rings. The smallest absolute Gasteiger partial charge is 0.293 e. The molecule has 1 fully saturated rings. The summed E-state index contributed by atoms with van der Waals surface area (Å²) in [6, 6.07) is 13.5. The normalized spacial score (nSPS) is 16.7. The second kappa shape index (κ2) is 15.8. The van der Waals surface area contributed by atoms with Crippen molar-refractivity contribution in [1.29, 1.82) is 0 Å². The van der Waals surface area contributed by atoms with Crippen LogP contribution in [-0.4, -0.2) is 63.9 Å². The maximum Gasteiger partial charge on any atom is 0.293 e. The maximum atomic E-state index is 15.6. The Morgan fingerprint density at radius 2 is 1.69 bits per heavy atom. The largest absolute Gasteiger partial charge is 0.496 e. The van der Waals surface area contributed by atoms with E-state index in [0.717, 1.165) is 23.0 Å². The minimum atomic E-state index is -3.93. The molecule has 0 bridgehead atoms. The van der Waals surface area contributed by atoms with Crippen molar-refractivity contribution in [2.24, 2.45) is 13.0 Å². The SMILES string of the molecule is COc1cccc(OC)c1-c1ccc2c(=O)n(-c3ccc(Cl)c4c(NS(C)(=O)=O)nn(C)c34)c([C@H](Cc3cc(F)cc(F)c3)NC(=O)Cn3nc(C(F)F)c4c3C(F)(F)C3CC43)nc2c1. The second-order valence-corrected chi connectivity index (χ2v) is 18.0. The summed E-state index contributed by atoms with van der Waals surface area (Å²) in [5.41, 5.74) is -1.68. The van der Waals surface area contributed by atoms with Gasteiger partial charge in [-0.2, -0.15) is 19.0 Å². The van der Waals surface area contributed by atoms with Crippen LogP contribution in [0, 0.1) is 17.6 Å². The number of halogens is 7. The fourth-order valence-electron chi connectivity index (χ4n) is 8.87. The summed E-state index contributed by atoms with van der Waals surface area (Å²) in [5, 5.41) is 10.8. The minimum Gasteiger partial charge on any atom is -0.496 e. The molecule has 65 heavy (non-hydrogen) atoms. The predicted molar refractivity (Wildman–Crippen MR) is 227 cm³/mol. The third-order valence-corrected chi connectivity index (χ3v) is 12.4. The predicted octanol–water partition coefficient (Wildman–Crippen LogP) is 7.70. The number of anilines is 1. The van der Waals surface area contributed by atoms with Crippen LogP contribution >= 0.6 is 11.6 Å². The Morgan fingerprint density at radius 3 is 2.34 bits per heavy atom. The van der Waals surface area contributed by atoms with Crippen LogP contribution in [0.2, 0.25) is 5.02 Å². The van der Waals surface area contributed by atoms with Gasteiger partial charge < -0.3 is 14.8 Å². The average molecular weight is 941 g/mol. The average Bonchev–Trinajstić information content (AvgIpc) is 3.78. The Morgan fingerprint density at radius 1 is 1.00 bits per heavy atom. The van der Waals surface area contributed by atoms with E-state index in [9.17, 15) is 30.8 Å². The topological polar surface area (TPSA) is 164 Å². The third kappa shape index (κ3) is 7.58. The first kappa shape index (κ1) is 43.6. The van der Waals surface area contributed by atoms with Crippen molar-refractivity contribution >= 4 is 55.2 Å². The summed E-state index contributed by atoms with van der Waals surface area (Å²) in [4.78, 5) is 34.3. The van der Waals surface area contributed by atoms with Crippen LogP contribution in [0.1, 0.15) is 53.1 Å². The molecule has 2 aliphatic rings. The number of rotatable bonds is 13. The van der Waals surface area contributed by atoms with Crippen LogP contribution in [-0.2, 0) is 40.8 Å². The number of alkyl halides is 4. The van der Waals surface area contributed by atoms with E-state index in [2.05, 4.69) is 20.2 Å². The Labute approximate surface area is 369 Å². The first-order chi connectivity index (χ1) is 30.8. The second-order valence-electron chi connectivity index (χ2n) is 15.8. The van der Waals surface area contributed by atoms with Crippen molar-refractivity contribution in [2.45, 2.75) is 43.7 Å². The Kier molecular flexibility index (Phi) is 10.6. The molecule has 22 heteroatoms. The van der Waals surface area contributed by atoms with Gasteiger partial charge >= 0.3 is 0 Å². The molecule has 2 N–H and O–H groups in total. The number of nitrogens with one attached hydrogen (secondary N) is 2. The molecule has 3 aromatic heterocycles. The highest BCUT2D eigenvalue weighted by Crippen LogP contribution is 2.68. The van der Waals surface area contributed by atoms with Crippen LogP contribution in [0.15, 0.2) is 71.5 Å². The van der Waals surface area contributed by atoms with Gasteiger partial charge in [0.15, 0.2) is 5.82 Å². The number of amides is 1. The lowest BCUT2D eigenvalue weighted by molar-refractivity contribution is -0.123. The van der Waals surface area contributed by atoms with Gasteiger partial charge in [0.25, 0.3) is 17.9 Å². The van der Waals surface area contributed by atoms with Crippen molar-refractivity contribution in [3.63, 3.8) is 0 Å². The van der Waals surface area contributed by atoms with E-state index in [0.29, 0.717) is 33.4 Å². The molecule has 0 saturated heterocycles. The quantitative estimate of drug-likeness (QED) is 0.110. The summed E-state index contributed by atoms with van der Waals surface area (Å²) in [6.45, 7) is -0.999. The Hall–Kier alpha value is -6.61. The lowest BCUT2D eigenvalue weighted by atomic mass is 10.0. The number of aromatic nitrogens is 6. The van der Waals surface area contributed by atoms with Gasteiger partial charge in [0.05, 0.1) is 64.6 Å². The lowest BCUT2D eigenvalue weighted by Crippen LogP contribution is -2.38. The van der Waals surface area contributed by atoms with E-state index >= 15 is 13.6 Å². The maximum absolute atomic E-state index is 15.6. The first-order valence-electron chi connectivity index (χ1n) is 19.7. The van der Waals surface area contributed by atoms with Crippen LogP contribution in [0.4, 0.5) is 32.2 Å². The number of carbonyl (C=O) groups excluding carboxylic acids is 1. The fourth-order valence-corrected chi connectivity index (χ4v) is 9.61. The number of hydrogen-bond donors (Lipinski definition) is 2. The zero-order valence-corrected chi connectivity index (χ0v) is 36.0. The molecule has 3 heterocycles. The van der Waals surface area contributed by atoms with E-state index < -0.39 is 87.7 Å². The summed E-state index contributed by atoms with van der Waals surface area (Å²) in [5.74, 6) is -8.34. The van der Waals surface area contributed by atoms with Gasteiger partial charge in [-0.15, -0.1) is 0 Å². The van der Waals surface area contributed by atoms with Crippen molar-refractivity contribution in [1.82, 2.24) is 34.4 Å². The number of aryl methyl sites for hydroxylation is 1. The molecule has 2 aliphatic carbocycles. The van der Waals surface area contributed by atoms with E-state index in [1.807, 2.05) is 0 Å². The molecule has 338 valence electrons. The highest BCUT2D eigenvalue weighted by Gasteiger charge is 2.67. The summed E-state index contributed by atoms with van der Waals surface area (Å²) < 4.78 is 131. The van der Waals surface area contributed by atoms with Crippen LogP contribution in [0.3, 0.4) is 0 Å². The first-order valence-corrected chi connectivity index (χ1v) is 22.0. The molecule has 4 aromatic carbocycles. The van der Waals surface area contributed by atoms with Gasteiger partial charge in [-0.05, 0) is 72.0 Å². The van der Waals surface area contributed by atoms with Gasteiger partial charge in [0.2, 0.25) is 15.9 Å². The molecule has 14 nitrogen and oxygen atoms in total. The highest BCUT2D eigenvalue weighted by atomic mass is 35.5. The van der Waals surface area contributed by atoms with Gasteiger partial charge in [0.1, 0.15) is 46.9 Å². The van der Waals surface area contributed by atoms with Crippen LogP contribution in [0.5, 0.6) is 11.5 Å². The van der Waals surface area contributed by atoms with E-state index in [4.69, 9.17) is 26.1 Å². The van der Waals surface area contributed by atoms with Crippen LogP contribution in [0.25, 0.3) is 38.6 Å². The number of fused-ring (bicyclic) bond motifs is 5. The molecule has 2 unspecified atom stereocenters. The van der Waals surface area contributed by atoms with E-state index in [-0.39, 0.29) is 61.7 Å². The number of ether oxygens (including phenoxy) is 2. The minimum absolute atomic E-state index is 0.000774. The molecule has 1 saturated carbocycles. The summed E-state index contributed by atoms with van der Waals surface area (Å²) >= 11 is 6.65. The molecular formula is C43H35ClF6N8O6S. The number of sulfonamides is 1. The zero-order valence-electron chi connectivity index (χ0n) is 34.5. The van der Waals surface area contributed by atoms with Gasteiger partial charge in [-0.3, -0.25) is 28.2 Å². The van der Waals surface area contributed by atoms with Crippen molar-refractivity contribution in [3.8, 4) is 28.3 Å². The monoisotopic (exact) mass is 940 g/mol. The molecule has 0 radical (unpaired) electrons.